The van der Waals surface area contributed by atoms with Gasteiger partial charge in [0.05, 0.1) is 12.1 Å². The normalized spacial score (nSPS) is 10.8. The number of halogens is 1. The molecule has 0 bridgehead atoms. The average molecular weight is 208 g/mol. The SMILES string of the molecule is Cc1cc2cc(CO)ccc2nc1Cl. The molecular formula is C11H10ClNO. The van der Waals surface area contributed by atoms with Gasteiger partial charge in [0.25, 0.3) is 0 Å². The van der Waals surface area contributed by atoms with Crippen LogP contribution in [-0.4, -0.2) is 10.1 Å². The fourth-order valence-corrected chi connectivity index (χ4v) is 1.55. The van der Waals surface area contributed by atoms with Crippen LogP contribution >= 0.6 is 11.6 Å². The molecule has 1 aromatic carbocycles. The van der Waals surface area contributed by atoms with E-state index in [-0.39, 0.29) is 6.61 Å². The minimum Gasteiger partial charge on any atom is -0.392 e. The number of aliphatic hydroxyl groups excluding tert-OH is 1. The molecule has 0 aliphatic rings. The zero-order chi connectivity index (χ0) is 10.1. The number of rotatable bonds is 1. The molecule has 2 nitrogen and oxygen atoms in total. The second-order valence-corrected chi connectivity index (χ2v) is 3.64. The standard InChI is InChI=1S/C11H10ClNO/c1-7-4-9-5-8(6-14)2-3-10(9)13-11(7)12/h2-5,14H,6H2,1H3. The molecule has 0 aliphatic carbocycles. The molecule has 0 saturated carbocycles. The Morgan fingerprint density at radius 3 is 2.86 bits per heavy atom. The van der Waals surface area contributed by atoms with Gasteiger partial charge in [0.15, 0.2) is 0 Å². The van der Waals surface area contributed by atoms with Crippen molar-refractivity contribution in [3.63, 3.8) is 0 Å². The molecule has 1 aromatic heterocycles. The van der Waals surface area contributed by atoms with Gasteiger partial charge in [0, 0.05) is 5.39 Å². The Kier molecular flexibility index (Phi) is 2.40. The summed E-state index contributed by atoms with van der Waals surface area (Å²) in [6, 6.07) is 7.61. The van der Waals surface area contributed by atoms with Crippen molar-refractivity contribution >= 4 is 22.5 Å². The highest BCUT2D eigenvalue weighted by atomic mass is 35.5. The molecule has 0 unspecified atom stereocenters. The molecule has 0 radical (unpaired) electrons. The first-order valence-electron chi connectivity index (χ1n) is 4.37. The van der Waals surface area contributed by atoms with E-state index in [1.165, 1.54) is 0 Å². The molecule has 72 valence electrons. The summed E-state index contributed by atoms with van der Waals surface area (Å²) in [7, 11) is 0. The Bertz CT molecular complexity index is 482. The molecular weight excluding hydrogens is 198 g/mol. The van der Waals surface area contributed by atoms with E-state index in [0.717, 1.165) is 22.0 Å². The second-order valence-electron chi connectivity index (χ2n) is 3.28. The van der Waals surface area contributed by atoms with Crippen molar-refractivity contribution in [3.8, 4) is 0 Å². The maximum absolute atomic E-state index is 8.97. The number of pyridine rings is 1. The lowest BCUT2D eigenvalue weighted by molar-refractivity contribution is 0.282. The van der Waals surface area contributed by atoms with E-state index in [0.29, 0.717) is 5.15 Å². The van der Waals surface area contributed by atoms with Crippen molar-refractivity contribution in [3.05, 3.63) is 40.5 Å². The minimum absolute atomic E-state index is 0.0532. The van der Waals surface area contributed by atoms with Crippen LogP contribution in [0.25, 0.3) is 10.9 Å². The van der Waals surface area contributed by atoms with Crippen molar-refractivity contribution in [2.24, 2.45) is 0 Å². The number of aryl methyl sites for hydroxylation is 1. The highest BCUT2D eigenvalue weighted by Crippen LogP contribution is 2.20. The fraction of sp³-hybridized carbons (Fsp3) is 0.182. The number of aromatic nitrogens is 1. The van der Waals surface area contributed by atoms with Crippen LogP contribution in [-0.2, 0) is 6.61 Å². The molecule has 0 fully saturated rings. The summed E-state index contributed by atoms with van der Waals surface area (Å²) in [4.78, 5) is 4.23. The summed E-state index contributed by atoms with van der Waals surface area (Å²) in [5, 5.41) is 10.5. The van der Waals surface area contributed by atoms with Gasteiger partial charge in [-0.3, -0.25) is 0 Å². The molecule has 1 heterocycles. The number of benzene rings is 1. The van der Waals surface area contributed by atoms with Crippen LogP contribution in [0, 0.1) is 6.92 Å². The van der Waals surface area contributed by atoms with Crippen LogP contribution in [0.2, 0.25) is 5.15 Å². The average Bonchev–Trinajstić information content (AvgIpc) is 2.19. The van der Waals surface area contributed by atoms with E-state index in [9.17, 15) is 0 Å². The molecule has 0 atom stereocenters. The first kappa shape index (κ1) is 9.44. The molecule has 2 aromatic rings. The maximum atomic E-state index is 8.97. The number of nitrogens with zero attached hydrogens (tertiary/aromatic N) is 1. The largest absolute Gasteiger partial charge is 0.392 e. The van der Waals surface area contributed by atoms with Crippen molar-refractivity contribution in [1.82, 2.24) is 4.98 Å². The van der Waals surface area contributed by atoms with Crippen molar-refractivity contribution in [2.45, 2.75) is 13.5 Å². The van der Waals surface area contributed by atoms with Gasteiger partial charge in [-0.2, -0.15) is 0 Å². The van der Waals surface area contributed by atoms with Gasteiger partial charge in [0.2, 0.25) is 0 Å². The molecule has 1 N–H and O–H groups in total. The fourth-order valence-electron chi connectivity index (χ4n) is 1.41. The predicted octanol–water partition coefficient (Wildman–Crippen LogP) is 2.69. The third-order valence-corrected chi connectivity index (χ3v) is 2.57. The number of hydrogen-bond donors (Lipinski definition) is 1. The third kappa shape index (κ3) is 1.59. The van der Waals surface area contributed by atoms with E-state index < -0.39 is 0 Å². The Morgan fingerprint density at radius 1 is 1.36 bits per heavy atom. The van der Waals surface area contributed by atoms with Crippen LogP contribution in [0.1, 0.15) is 11.1 Å². The Balaban J connectivity index is 2.70. The van der Waals surface area contributed by atoms with Crippen LogP contribution in [0.15, 0.2) is 24.3 Å². The molecule has 0 aliphatic heterocycles. The smallest absolute Gasteiger partial charge is 0.132 e. The molecule has 3 heteroatoms. The van der Waals surface area contributed by atoms with E-state index in [1.54, 1.807) is 0 Å². The Morgan fingerprint density at radius 2 is 2.14 bits per heavy atom. The van der Waals surface area contributed by atoms with Crippen LogP contribution in [0.4, 0.5) is 0 Å². The van der Waals surface area contributed by atoms with Gasteiger partial charge >= 0.3 is 0 Å². The highest BCUT2D eigenvalue weighted by molar-refractivity contribution is 6.30. The zero-order valence-electron chi connectivity index (χ0n) is 7.79. The lowest BCUT2D eigenvalue weighted by Crippen LogP contribution is -1.87. The molecule has 14 heavy (non-hydrogen) atoms. The van der Waals surface area contributed by atoms with Gasteiger partial charge in [-0.1, -0.05) is 17.7 Å². The summed E-state index contributed by atoms with van der Waals surface area (Å²) in [5.41, 5.74) is 2.70. The maximum Gasteiger partial charge on any atom is 0.132 e. The van der Waals surface area contributed by atoms with E-state index >= 15 is 0 Å². The van der Waals surface area contributed by atoms with Gasteiger partial charge in [-0.05, 0) is 36.2 Å². The summed E-state index contributed by atoms with van der Waals surface area (Å²) in [5.74, 6) is 0. The summed E-state index contributed by atoms with van der Waals surface area (Å²) in [6.45, 7) is 1.97. The van der Waals surface area contributed by atoms with E-state index in [4.69, 9.17) is 16.7 Å². The minimum atomic E-state index is 0.0532. The molecule has 0 amide bonds. The number of hydrogen-bond acceptors (Lipinski definition) is 2. The lowest BCUT2D eigenvalue weighted by atomic mass is 10.1. The topological polar surface area (TPSA) is 33.1 Å². The van der Waals surface area contributed by atoms with Crippen molar-refractivity contribution in [2.75, 3.05) is 0 Å². The predicted molar refractivity (Wildman–Crippen MR) is 57.4 cm³/mol. The molecule has 2 rings (SSSR count). The first-order valence-corrected chi connectivity index (χ1v) is 4.75. The van der Waals surface area contributed by atoms with E-state index in [2.05, 4.69) is 4.98 Å². The van der Waals surface area contributed by atoms with E-state index in [1.807, 2.05) is 31.2 Å². The lowest BCUT2D eigenvalue weighted by Gasteiger charge is -2.03. The van der Waals surface area contributed by atoms with Gasteiger partial charge in [-0.15, -0.1) is 0 Å². The van der Waals surface area contributed by atoms with Gasteiger partial charge < -0.3 is 5.11 Å². The summed E-state index contributed by atoms with van der Waals surface area (Å²) in [6.07, 6.45) is 0. The monoisotopic (exact) mass is 207 g/mol. The number of fused-ring (bicyclic) bond motifs is 1. The Labute approximate surface area is 87.2 Å². The van der Waals surface area contributed by atoms with Crippen molar-refractivity contribution < 1.29 is 5.11 Å². The second kappa shape index (κ2) is 3.56. The Hall–Kier alpha value is -1.12. The number of aliphatic hydroxyl groups is 1. The zero-order valence-corrected chi connectivity index (χ0v) is 8.54. The molecule has 0 spiro atoms. The van der Waals surface area contributed by atoms with Gasteiger partial charge in [-0.25, -0.2) is 4.98 Å². The van der Waals surface area contributed by atoms with Crippen LogP contribution in [0.3, 0.4) is 0 Å². The third-order valence-electron chi connectivity index (χ3n) is 2.19. The summed E-state index contributed by atoms with van der Waals surface area (Å²) >= 11 is 5.90. The van der Waals surface area contributed by atoms with Gasteiger partial charge in [0.1, 0.15) is 5.15 Å². The first-order chi connectivity index (χ1) is 6.70. The molecule has 0 saturated heterocycles. The van der Waals surface area contributed by atoms with Crippen LogP contribution in [0.5, 0.6) is 0 Å². The highest BCUT2D eigenvalue weighted by Gasteiger charge is 2.01. The summed E-state index contributed by atoms with van der Waals surface area (Å²) < 4.78 is 0. The van der Waals surface area contributed by atoms with Crippen molar-refractivity contribution in [1.29, 1.82) is 0 Å². The van der Waals surface area contributed by atoms with Crippen LogP contribution < -0.4 is 0 Å². The quantitative estimate of drug-likeness (QED) is 0.730.